The van der Waals surface area contributed by atoms with Crippen LogP contribution in [0.1, 0.15) is 90.9 Å². The molecule has 24 heavy (non-hydrogen) atoms. The molecular weight excluding hydrogens is 296 g/mol. The highest BCUT2D eigenvalue weighted by Crippen LogP contribution is 2.08. The van der Waals surface area contributed by atoms with Gasteiger partial charge in [-0.15, -0.1) is 0 Å². The van der Waals surface area contributed by atoms with Gasteiger partial charge in [-0.25, -0.2) is 4.79 Å². The molecule has 0 atom stereocenters. The number of carbonyl (C=O) groups excluding carboxylic acids is 1. The van der Waals surface area contributed by atoms with Gasteiger partial charge in [-0.05, 0) is 45.4 Å². The van der Waals surface area contributed by atoms with Crippen LogP contribution in [0, 0.1) is 0 Å². The first kappa shape index (κ1) is 22.7. The molecule has 0 aromatic carbocycles. The number of carbonyl (C=O) groups is 1. The van der Waals surface area contributed by atoms with Crippen LogP contribution < -0.4 is 0 Å². The van der Waals surface area contributed by atoms with Crippen molar-refractivity contribution in [2.24, 2.45) is 0 Å². The summed E-state index contributed by atoms with van der Waals surface area (Å²) in [4.78, 5) is 11.1. The summed E-state index contributed by atoms with van der Waals surface area (Å²) in [7, 11) is 0. The van der Waals surface area contributed by atoms with Crippen molar-refractivity contribution in [1.29, 1.82) is 0 Å². The SMILES string of the molecule is CCCCCCCCC=CCCCCCC=CC=CC(=O)OCC. The van der Waals surface area contributed by atoms with Crippen LogP contribution in [-0.4, -0.2) is 12.6 Å². The molecule has 0 aromatic heterocycles. The molecule has 0 aliphatic rings. The first-order valence-electron chi connectivity index (χ1n) is 9.96. The number of rotatable bonds is 16. The maximum atomic E-state index is 11.1. The Labute approximate surface area is 150 Å². The molecule has 0 saturated heterocycles. The van der Waals surface area contributed by atoms with Crippen LogP contribution >= 0.6 is 0 Å². The number of unbranched alkanes of at least 4 members (excludes halogenated alkanes) is 10. The van der Waals surface area contributed by atoms with Crippen molar-refractivity contribution in [3.63, 3.8) is 0 Å². The second-order valence-electron chi connectivity index (χ2n) is 6.21. The topological polar surface area (TPSA) is 26.3 Å². The maximum absolute atomic E-state index is 11.1. The van der Waals surface area contributed by atoms with Gasteiger partial charge in [0.25, 0.3) is 0 Å². The van der Waals surface area contributed by atoms with E-state index in [9.17, 15) is 4.79 Å². The molecule has 0 fully saturated rings. The lowest BCUT2D eigenvalue weighted by molar-refractivity contribution is -0.137. The molecule has 0 spiro atoms. The van der Waals surface area contributed by atoms with Gasteiger partial charge in [0.15, 0.2) is 0 Å². The highest BCUT2D eigenvalue weighted by Gasteiger charge is 1.90. The first-order valence-corrected chi connectivity index (χ1v) is 9.96. The molecule has 138 valence electrons. The van der Waals surface area contributed by atoms with E-state index in [1.165, 1.54) is 76.7 Å². The molecule has 0 unspecified atom stereocenters. The van der Waals surface area contributed by atoms with E-state index in [2.05, 4.69) is 25.2 Å². The third-order valence-electron chi connectivity index (χ3n) is 3.90. The summed E-state index contributed by atoms with van der Waals surface area (Å²) in [6.07, 6.45) is 27.6. The molecule has 0 rings (SSSR count). The molecule has 0 saturated carbocycles. The maximum Gasteiger partial charge on any atom is 0.330 e. The Morgan fingerprint density at radius 1 is 0.708 bits per heavy atom. The summed E-state index contributed by atoms with van der Waals surface area (Å²) < 4.78 is 4.80. The Morgan fingerprint density at radius 2 is 1.25 bits per heavy atom. The van der Waals surface area contributed by atoms with Gasteiger partial charge in [-0.3, -0.25) is 0 Å². The Bertz CT molecular complexity index is 353. The summed E-state index contributed by atoms with van der Waals surface area (Å²) in [5.41, 5.74) is 0. The second-order valence-corrected chi connectivity index (χ2v) is 6.21. The van der Waals surface area contributed by atoms with Gasteiger partial charge in [0.1, 0.15) is 0 Å². The molecule has 0 aliphatic carbocycles. The molecular formula is C22H38O2. The van der Waals surface area contributed by atoms with E-state index in [1.807, 2.05) is 13.0 Å². The number of esters is 1. The zero-order chi connectivity index (χ0) is 17.7. The molecule has 0 amide bonds. The van der Waals surface area contributed by atoms with Gasteiger partial charge in [-0.1, -0.05) is 75.8 Å². The predicted molar refractivity (Wildman–Crippen MR) is 105 cm³/mol. The minimum Gasteiger partial charge on any atom is -0.463 e. The standard InChI is InChI=1S/C22H38O2/c1-3-5-6-7-8-9-10-11-12-13-14-15-16-17-18-19-20-21-22(23)24-4-2/h11-12,18-21H,3-10,13-17H2,1-2H3. The van der Waals surface area contributed by atoms with Crippen LogP contribution in [0.5, 0.6) is 0 Å². The van der Waals surface area contributed by atoms with Gasteiger partial charge in [0, 0.05) is 6.08 Å². The van der Waals surface area contributed by atoms with Crippen LogP contribution in [0.2, 0.25) is 0 Å². The van der Waals surface area contributed by atoms with E-state index >= 15 is 0 Å². The monoisotopic (exact) mass is 334 g/mol. The van der Waals surface area contributed by atoms with Crippen molar-refractivity contribution < 1.29 is 9.53 Å². The van der Waals surface area contributed by atoms with Gasteiger partial charge < -0.3 is 4.74 Å². The lowest BCUT2D eigenvalue weighted by Gasteiger charge is -1.98. The zero-order valence-corrected chi connectivity index (χ0v) is 16.0. The molecule has 0 N–H and O–H groups in total. The molecule has 0 aliphatic heterocycles. The number of hydrogen-bond donors (Lipinski definition) is 0. The Morgan fingerprint density at radius 3 is 1.88 bits per heavy atom. The highest BCUT2D eigenvalue weighted by atomic mass is 16.5. The fourth-order valence-electron chi connectivity index (χ4n) is 2.48. The average Bonchev–Trinajstić information content (AvgIpc) is 2.58. The Kier molecular flexibility index (Phi) is 18.7. The summed E-state index contributed by atoms with van der Waals surface area (Å²) in [5, 5.41) is 0. The van der Waals surface area contributed by atoms with E-state index in [4.69, 9.17) is 4.74 Å². The average molecular weight is 335 g/mol. The van der Waals surface area contributed by atoms with E-state index in [0.717, 1.165) is 6.42 Å². The summed E-state index contributed by atoms with van der Waals surface area (Å²) in [5.74, 6) is -0.269. The molecule has 0 bridgehead atoms. The fraction of sp³-hybridized carbons (Fsp3) is 0.682. The quantitative estimate of drug-likeness (QED) is 0.101. The number of allylic oxidation sites excluding steroid dienone is 5. The molecule has 0 heterocycles. The van der Waals surface area contributed by atoms with E-state index in [-0.39, 0.29) is 5.97 Å². The van der Waals surface area contributed by atoms with Crippen LogP contribution in [0.25, 0.3) is 0 Å². The lowest BCUT2D eigenvalue weighted by Crippen LogP contribution is -1.98. The molecule has 0 radical (unpaired) electrons. The molecule has 0 aromatic rings. The van der Waals surface area contributed by atoms with Crippen molar-refractivity contribution in [2.45, 2.75) is 90.9 Å². The largest absolute Gasteiger partial charge is 0.463 e. The minimum atomic E-state index is -0.269. The van der Waals surface area contributed by atoms with E-state index in [0.29, 0.717) is 6.61 Å². The lowest BCUT2D eigenvalue weighted by atomic mass is 10.1. The van der Waals surface area contributed by atoms with E-state index in [1.54, 1.807) is 6.08 Å². The minimum absolute atomic E-state index is 0.269. The predicted octanol–water partition coefficient (Wildman–Crippen LogP) is 6.92. The Balaban J connectivity index is 3.29. The zero-order valence-electron chi connectivity index (χ0n) is 16.0. The number of hydrogen-bond acceptors (Lipinski definition) is 2. The third-order valence-corrected chi connectivity index (χ3v) is 3.90. The van der Waals surface area contributed by atoms with Crippen LogP contribution in [0.3, 0.4) is 0 Å². The second kappa shape index (κ2) is 19.7. The van der Waals surface area contributed by atoms with Crippen molar-refractivity contribution in [3.05, 3.63) is 36.5 Å². The van der Waals surface area contributed by atoms with Crippen LogP contribution in [0.4, 0.5) is 0 Å². The van der Waals surface area contributed by atoms with Gasteiger partial charge >= 0.3 is 5.97 Å². The molecule has 2 nitrogen and oxygen atoms in total. The number of ether oxygens (including phenoxy) is 1. The van der Waals surface area contributed by atoms with Crippen LogP contribution in [0.15, 0.2) is 36.5 Å². The fourth-order valence-corrected chi connectivity index (χ4v) is 2.48. The summed E-state index contributed by atoms with van der Waals surface area (Å²) in [6, 6.07) is 0. The van der Waals surface area contributed by atoms with Crippen molar-refractivity contribution >= 4 is 5.97 Å². The summed E-state index contributed by atoms with van der Waals surface area (Å²) in [6.45, 7) is 4.51. The van der Waals surface area contributed by atoms with Crippen LogP contribution in [-0.2, 0) is 9.53 Å². The van der Waals surface area contributed by atoms with Crippen molar-refractivity contribution in [3.8, 4) is 0 Å². The van der Waals surface area contributed by atoms with E-state index < -0.39 is 0 Å². The summed E-state index contributed by atoms with van der Waals surface area (Å²) >= 11 is 0. The smallest absolute Gasteiger partial charge is 0.330 e. The van der Waals surface area contributed by atoms with Gasteiger partial charge in [0.2, 0.25) is 0 Å². The highest BCUT2D eigenvalue weighted by molar-refractivity contribution is 5.82. The normalized spacial score (nSPS) is 11.9. The van der Waals surface area contributed by atoms with Crippen molar-refractivity contribution in [2.75, 3.05) is 6.61 Å². The Hall–Kier alpha value is -1.31. The first-order chi connectivity index (χ1) is 11.8. The van der Waals surface area contributed by atoms with Gasteiger partial charge in [0.05, 0.1) is 6.61 Å². The van der Waals surface area contributed by atoms with Gasteiger partial charge in [-0.2, -0.15) is 0 Å². The van der Waals surface area contributed by atoms with Crippen molar-refractivity contribution in [1.82, 2.24) is 0 Å². The third kappa shape index (κ3) is 18.7. The molecule has 2 heteroatoms.